The van der Waals surface area contributed by atoms with Gasteiger partial charge in [0.25, 0.3) is 0 Å². The first-order valence-corrected chi connectivity index (χ1v) is 9.79. The maximum Gasteiger partial charge on any atom is 0.249 e. The van der Waals surface area contributed by atoms with Crippen LogP contribution in [0.3, 0.4) is 0 Å². The number of ether oxygens (including phenoxy) is 1. The summed E-state index contributed by atoms with van der Waals surface area (Å²) >= 11 is 3.30. The second-order valence-corrected chi connectivity index (χ2v) is 8.88. The summed E-state index contributed by atoms with van der Waals surface area (Å²) in [6.07, 6.45) is 3.99. The lowest BCUT2D eigenvalue weighted by Crippen LogP contribution is -2.61. The minimum absolute atomic E-state index is 0.0611. The molecular formula is C19H24BrFN2O2. The Morgan fingerprint density at radius 3 is 2.60 bits per heavy atom. The van der Waals surface area contributed by atoms with Crippen molar-refractivity contribution >= 4 is 21.8 Å². The van der Waals surface area contributed by atoms with Crippen LogP contribution in [0.15, 0.2) is 22.7 Å². The first-order valence-electron chi connectivity index (χ1n) is 9.00. The summed E-state index contributed by atoms with van der Waals surface area (Å²) in [5.74, 6) is -0.0352. The van der Waals surface area contributed by atoms with Crippen molar-refractivity contribution in [3.8, 4) is 0 Å². The number of halogens is 2. The number of rotatable bonds is 3. The van der Waals surface area contributed by atoms with Crippen LogP contribution in [0.25, 0.3) is 0 Å². The van der Waals surface area contributed by atoms with E-state index >= 15 is 0 Å². The third-order valence-electron chi connectivity index (χ3n) is 6.05. The Morgan fingerprint density at radius 2 is 1.96 bits per heavy atom. The first kappa shape index (κ1) is 17.4. The fourth-order valence-corrected chi connectivity index (χ4v) is 4.30. The zero-order valence-corrected chi connectivity index (χ0v) is 16.1. The zero-order valence-electron chi connectivity index (χ0n) is 14.6. The van der Waals surface area contributed by atoms with Crippen molar-refractivity contribution in [2.75, 3.05) is 26.2 Å². The molecule has 4 rings (SSSR count). The van der Waals surface area contributed by atoms with E-state index in [0.717, 1.165) is 48.8 Å². The molecule has 0 bridgehead atoms. The third-order valence-corrected chi connectivity index (χ3v) is 6.54. The van der Waals surface area contributed by atoms with E-state index in [1.807, 2.05) is 12.1 Å². The number of carbonyl (C=O) groups excluding carboxylic acids is 1. The Balaban J connectivity index is 1.38. The van der Waals surface area contributed by atoms with E-state index < -0.39 is 0 Å². The van der Waals surface area contributed by atoms with Crippen LogP contribution in [0.4, 0.5) is 4.39 Å². The summed E-state index contributed by atoms with van der Waals surface area (Å²) in [6, 6.07) is 5.24. The summed E-state index contributed by atoms with van der Waals surface area (Å²) in [6.45, 7) is 5.45. The molecule has 0 N–H and O–H groups in total. The SMILES string of the molecule is CC1(N2CC3(CCN(Cc4ccc(Br)cc4F)CC3)OCC2=O)CC1. The van der Waals surface area contributed by atoms with Gasteiger partial charge in [-0.1, -0.05) is 22.0 Å². The standard InChI is InChI=1S/C19H24BrFN2O2/c1-18(4-5-18)23-13-19(25-12-17(23)24)6-8-22(9-7-19)11-14-2-3-15(20)10-16(14)21/h2-3,10H,4-9,11-13H2,1H3. The van der Waals surface area contributed by atoms with Crippen molar-refractivity contribution in [2.45, 2.75) is 50.3 Å². The van der Waals surface area contributed by atoms with Crippen LogP contribution in [0.1, 0.15) is 38.2 Å². The highest BCUT2D eigenvalue weighted by atomic mass is 79.9. The maximum absolute atomic E-state index is 14.1. The fraction of sp³-hybridized carbons (Fsp3) is 0.632. The smallest absolute Gasteiger partial charge is 0.249 e. The van der Waals surface area contributed by atoms with Crippen molar-refractivity contribution in [2.24, 2.45) is 0 Å². The lowest BCUT2D eigenvalue weighted by Gasteiger charge is -2.48. The number of hydrogen-bond acceptors (Lipinski definition) is 3. The molecule has 1 saturated carbocycles. The van der Waals surface area contributed by atoms with E-state index in [2.05, 4.69) is 32.7 Å². The summed E-state index contributed by atoms with van der Waals surface area (Å²) in [7, 11) is 0. The van der Waals surface area contributed by atoms with E-state index in [4.69, 9.17) is 4.74 Å². The van der Waals surface area contributed by atoms with Crippen molar-refractivity contribution in [1.82, 2.24) is 9.80 Å². The van der Waals surface area contributed by atoms with Gasteiger partial charge >= 0.3 is 0 Å². The van der Waals surface area contributed by atoms with Gasteiger partial charge in [-0.05, 0) is 44.7 Å². The predicted octanol–water partition coefficient (Wildman–Crippen LogP) is 3.33. The van der Waals surface area contributed by atoms with Gasteiger partial charge in [0, 0.05) is 35.2 Å². The molecule has 2 aliphatic heterocycles. The van der Waals surface area contributed by atoms with Crippen LogP contribution in [-0.2, 0) is 16.1 Å². The van der Waals surface area contributed by atoms with Crippen LogP contribution in [0, 0.1) is 5.82 Å². The molecule has 4 nitrogen and oxygen atoms in total. The van der Waals surface area contributed by atoms with Gasteiger partial charge < -0.3 is 9.64 Å². The Kier molecular flexibility index (Phi) is 4.41. The summed E-state index contributed by atoms with van der Waals surface area (Å²) in [4.78, 5) is 16.6. The molecule has 1 spiro atoms. The van der Waals surface area contributed by atoms with Crippen LogP contribution in [-0.4, -0.2) is 53.1 Å². The number of hydrogen-bond donors (Lipinski definition) is 0. The Morgan fingerprint density at radius 1 is 1.24 bits per heavy atom. The van der Waals surface area contributed by atoms with Crippen LogP contribution >= 0.6 is 15.9 Å². The summed E-state index contributed by atoms with van der Waals surface area (Å²) in [5, 5.41) is 0. The molecular weight excluding hydrogens is 387 g/mol. The number of piperidine rings is 1. The van der Waals surface area contributed by atoms with Crippen LogP contribution in [0.2, 0.25) is 0 Å². The van der Waals surface area contributed by atoms with Gasteiger partial charge in [0.1, 0.15) is 12.4 Å². The van der Waals surface area contributed by atoms with Crippen molar-refractivity contribution < 1.29 is 13.9 Å². The van der Waals surface area contributed by atoms with Crippen LogP contribution < -0.4 is 0 Å². The summed E-state index contributed by atoms with van der Waals surface area (Å²) in [5.41, 5.74) is 0.575. The number of benzene rings is 1. The maximum atomic E-state index is 14.1. The van der Waals surface area contributed by atoms with Gasteiger partial charge in [-0.2, -0.15) is 0 Å². The number of nitrogens with zero attached hydrogens (tertiary/aromatic N) is 2. The minimum Gasteiger partial charge on any atom is -0.363 e. The highest BCUT2D eigenvalue weighted by Crippen LogP contribution is 2.44. The molecule has 1 aromatic carbocycles. The molecule has 1 aliphatic carbocycles. The molecule has 1 amide bonds. The molecule has 0 atom stereocenters. The highest BCUT2D eigenvalue weighted by molar-refractivity contribution is 9.10. The molecule has 136 valence electrons. The summed E-state index contributed by atoms with van der Waals surface area (Å²) < 4.78 is 20.8. The largest absolute Gasteiger partial charge is 0.363 e. The van der Waals surface area contributed by atoms with E-state index in [1.54, 1.807) is 0 Å². The quantitative estimate of drug-likeness (QED) is 0.765. The molecule has 3 fully saturated rings. The lowest BCUT2D eigenvalue weighted by atomic mass is 9.88. The minimum atomic E-state index is -0.214. The van der Waals surface area contributed by atoms with Gasteiger partial charge in [-0.25, -0.2) is 4.39 Å². The van der Waals surface area contributed by atoms with E-state index in [9.17, 15) is 9.18 Å². The van der Waals surface area contributed by atoms with Gasteiger partial charge in [0.05, 0.1) is 12.1 Å². The molecule has 0 unspecified atom stereocenters. The van der Waals surface area contributed by atoms with Crippen molar-refractivity contribution in [3.05, 3.63) is 34.1 Å². The Hall–Kier alpha value is -0.980. The topological polar surface area (TPSA) is 32.8 Å². The Labute approximate surface area is 156 Å². The second-order valence-electron chi connectivity index (χ2n) is 7.96. The highest BCUT2D eigenvalue weighted by Gasteiger charge is 2.52. The molecule has 6 heteroatoms. The molecule has 25 heavy (non-hydrogen) atoms. The first-order chi connectivity index (χ1) is 11.9. The second kappa shape index (κ2) is 6.32. The molecule has 3 aliphatic rings. The average Bonchev–Trinajstić information content (AvgIpc) is 3.33. The van der Waals surface area contributed by atoms with Gasteiger partial charge in [-0.3, -0.25) is 9.69 Å². The van der Waals surface area contributed by atoms with E-state index in [-0.39, 0.29) is 29.5 Å². The zero-order chi connectivity index (χ0) is 17.7. The predicted molar refractivity (Wildman–Crippen MR) is 96.6 cm³/mol. The van der Waals surface area contributed by atoms with Crippen LogP contribution in [0.5, 0.6) is 0 Å². The van der Waals surface area contributed by atoms with Gasteiger partial charge in [-0.15, -0.1) is 0 Å². The molecule has 0 aromatic heterocycles. The van der Waals surface area contributed by atoms with Gasteiger partial charge in [0.2, 0.25) is 5.91 Å². The molecule has 2 heterocycles. The van der Waals surface area contributed by atoms with Crippen molar-refractivity contribution in [1.29, 1.82) is 0 Å². The number of amides is 1. The third kappa shape index (κ3) is 3.49. The van der Waals surface area contributed by atoms with E-state index in [0.29, 0.717) is 13.1 Å². The Bertz CT molecular complexity index is 684. The number of likely N-dealkylation sites (tertiary alicyclic amines) is 1. The fourth-order valence-electron chi connectivity index (χ4n) is 3.97. The monoisotopic (exact) mass is 410 g/mol. The van der Waals surface area contributed by atoms with Crippen molar-refractivity contribution in [3.63, 3.8) is 0 Å². The molecule has 2 saturated heterocycles. The average molecular weight is 411 g/mol. The normalized spacial score (nSPS) is 25.4. The number of carbonyl (C=O) groups is 1. The van der Waals surface area contributed by atoms with E-state index in [1.165, 1.54) is 6.07 Å². The molecule has 0 radical (unpaired) electrons. The number of morpholine rings is 1. The molecule has 1 aromatic rings. The lowest BCUT2D eigenvalue weighted by molar-refractivity contribution is -0.177. The van der Waals surface area contributed by atoms with Gasteiger partial charge in [0.15, 0.2) is 0 Å².